The normalized spacial score (nSPS) is 14.4. The van der Waals surface area contributed by atoms with Gasteiger partial charge in [-0.2, -0.15) is 0 Å². The molecule has 0 saturated carbocycles. The number of fused-ring (bicyclic) bond motifs is 3. The highest BCUT2D eigenvalue weighted by Gasteiger charge is 2.19. The number of nitrogen functional groups attached to an aromatic ring is 1. The molecule has 2 N–H and O–H groups in total. The molecule has 0 atom stereocenters. The van der Waals surface area contributed by atoms with Crippen molar-refractivity contribution in [2.45, 2.75) is 25.7 Å². The highest BCUT2D eigenvalue weighted by Crippen LogP contribution is 2.39. The summed E-state index contributed by atoms with van der Waals surface area (Å²) >= 11 is 1.83. The molecule has 0 amide bonds. The van der Waals surface area contributed by atoms with E-state index in [4.69, 9.17) is 10.7 Å². The van der Waals surface area contributed by atoms with E-state index in [0.717, 1.165) is 28.2 Å². The van der Waals surface area contributed by atoms with E-state index < -0.39 is 0 Å². The molecule has 1 aromatic carbocycles. The van der Waals surface area contributed by atoms with Gasteiger partial charge in [0, 0.05) is 21.5 Å². The largest absolute Gasteiger partial charge is 0.398 e. The Morgan fingerprint density at radius 1 is 1.05 bits per heavy atom. The van der Waals surface area contributed by atoms with Crippen molar-refractivity contribution in [1.82, 2.24) is 4.98 Å². The maximum absolute atomic E-state index is 6.33. The quantitative estimate of drug-likeness (QED) is 0.716. The van der Waals surface area contributed by atoms with Crippen LogP contribution < -0.4 is 5.73 Å². The monoisotopic (exact) mass is 280 g/mol. The van der Waals surface area contributed by atoms with Crippen molar-refractivity contribution in [1.29, 1.82) is 0 Å². The van der Waals surface area contributed by atoms with Crippen LogP contribution in [0.4, 0.5) is 5.69 Å². The zero-order valence-electron chi connectivity index (χ0n) is 11.2. The van der Waals surface area contributed by atoms with Gasteiger partial charge in [0.1, 0.15) is 4.83 Å². The van der Waals surface area contributed by atoms with Crippen molar-refractivity contribution < 1.29 is 0 Å². The first-order valence-corrected chi connectivity index (χ1v) is 7.91. The smallest absolute Gasteiger partial charge is 0.126 e. The van der Waals surface area contributed by atoms with Crippen molar-refractivity contribution in [3.63, 3.8) is 0 Å². The summed E-state index contributed by atoms with van der Waals surface area (Å²) in [5.41, 5.74) is 10.8. The van der Waals surface area contributed by atoms with Gasteiger partial charge in [0.15, 0.2) is 0 Å². The number of aryl methyl sites for hydroxylation is 2. The molecule has 0 spiro atoms. The fourth-order valence-corrected chi connectivity index (χ4v) is 4.34. The minimum atomic E-state index is 0.883. The van der Waals surface area contributed by atoms with Crippen molar-refractivity contribution >= 4 is 27.2 Å². The molecule has 3 aromatic rings. The summed E-state index contributed by atoms with van der Waals surface area (Å²) in [7, 11) is 0. The molecule has 1 aliphatic carbocycles. The van der Waals surface area contributed by atoms with Crippen molar-refractivity contribution in [2.24, 2.45) is 0 Å². The second kappa shape index (κ2) is 4.60. The number of anilines is 1. The lowest BCUT2D eigenvalue weighted by atomic mass is 9.96. The van der Waals surface area contributed by atoms with Crippen LogP contribution in [-0.4, -0.2) is 4.98 Å². The van der Waals surface area contributed by atoms with Gasteiger partial charge < -0.3 is 5.73 Å². The van der Waals surface area contributed by atoms with Gasteiger partial charge >= 0.3 is 0 Å². The molecule has 100 valence electrons. The SMILES string of the molecule is Nc1cc(-c2ccccc2)nc2sc3c(c12)CCCC3. The molecule has 3 heteroatoms. The predicted molar refractivity (Wildman–Crippen MR) is 86.1 cm³/mol. The Labute approximate surface area is 122 Å². The molecule has 2 aromatic heterocycles. The summed E-state index contributed by atoms with van der Waals surface area (Å²) in [6, 6.07) is 12.3. The summed E-state index contributed by atoms with van der Waals surface area (Å²) in [6.45, 7) is 0. The Kier molecular flexibility index (Phi) is 2.74. The lowest BCUT2D eigenvalue weighted by Gasteiger charge is -2.11. The standard InChI is InChI=1S/C17H16N2S/c18-13-10-14(11-6-2-1-3-7-11)19-17-16(13)12-8-4-5-9-15(12)20-17/h1-3,6-7,10H,4-5,8-9H2,(H2,18,19). The van der Waals surface area contributed by atoms with Gasteiger partial charge in [-0.1, -0.05) is 30.3 Å². The molecule has 20 heavy (non-hydrogen) atoms. The first-order valence-electron chi connectivity index (χ1n) is 7.09. The first-order chi connectivity index (χ1) is 9.83. The number of hydrogen-bond donors (Lipinski definition) is 1. The second-order valence-corrected chi connectivity index (χ2v) is 6.44. The summed E-state index contributed by atoms with van der Waals surface area (Å²) in [5, 5.41) is 1.21. The Morgan fingerprint density at radius 2 is 1.85 bits per heavy atom. The van der Waals surface area contributed by atoms with E-state index in [1.807, 2.05) is 35.6 Å². The summed E-state index contributed by atoms with van der Waals surface area (Å²) in [4.78, 5) is 7.45. The minimum absolute atomic E-state index is 0.883. The summed E-state index contributed by atoms with van der Waals surface area (Å²) in [6.07, 6.45) is 4.92. The van der Waals surface area contributed by atoms with Crippen LogP contribution in [0.5, 0.6) is 0 Å². The minimum Gasteiger partial charge on any atom is -0.398 e. The number of hydrogen-bond acceptors (Lipinski definition) is 3. The van der Waals surface area contributed by atoms with Gasteiger partial charge in [0.05, 0.1) is 5.69 Å². The Hall–Kier alpha value is -1.87. The van der Waals surface area contributed by atoms with E-state index in [9.17, 15) is 0 Å². The van der Waals surface area contributed by atoms with Crippen molar-refractivity contribution in [2.75, 3.05) is 5.73 Å². The molecule has 0 aliphatic heterocycles. The molecule has 1 aliphatic rings. The van der Waals surface area contributed by atoms with E-state index in [2.05, 4.69) is 12.1 Å². The molecule has 2 heterocycles. The van der Waals surface area contributed by atoms with Crippen LogP contribution in [0.3, 0.4) is 0 Å². The second-order valence-electron chi connectivity index (χ2n) is 5.35. The van der Waals surface area contributed by atoms with Crippen LogP contribution in [0.15, 0.2) is 36.4 Å². The molecule has 0 fully saturated rings. The molecular weight excluding hydrogens is 264 g/mol. The molecule has 4 rings (SSSR count). The number of benzene rings is 1. The van der Waals surface area contributed by atoms with E-state index >= 15 is 0 Å². The average molecular weight is 280 g/mol. The fourth-order valence-electron chi connectivity index (χ4n) is 3.05. The topological polar surface area (TPSA) is 38.9 Å². The molecule has 0 bridgehead atoms. The van der Waals surface area contributed by atoms with E-state index in [0.29, 0.717) is 0 Å². The maximum Gasteiger partial charge on any atom is 0.126 e. The number of rotatable bonds is 1. The Bertz CT molecular complexity index is 775. The van der Waals surface area contributed by atoms with Crippen LogP contribution in [0.2, 0.25) is 0 Å². The van der Waals surface area contributed by atoms with E-state index in [1.165, 1.54) is 35.1 Å². The van der Waals surface area contributed by atoms with Gasteiger partial charge in [0.25, 0.3) is 0 Å². The van der Waals surface area contributed by atoms with Gasteiger partial charge in [-0.3, -0.25) is 0 Å². The third-order valence-electron chi connectivity index (χ3n) is 4.03. The van der Waals surface area contributed by atoms with E-state index in [1.54, 1.807) is 0 Å². The molecule has 0 unspecified atom stereocenters. The molecular formula is C17H16N2S. The van der Waals surface area contributed by atoms with Crippen LogP contribution in [-0.2, 0) is 12.8 Å². The van der Waals surface area contributed by atoms with Crippen molar-refractivity contribution in [3.8, 4) is 11.3 Å². The lowest BCUT2D eigenvalue weighted by molar-refractivity contribution is 0.700. The Balaban J connectivity index is 1.95. The molecule has 0 radical (unpaired) electrons. The van der Waals surface area contributed by atoms with Gasteiger partial charge in [0.2, 0.25) is 0 Å². The number of nitrogens with zero attached hydrogens (tertiary/aromatic N) is 1. The van der Waals surface area contributed by atoms with Gasteiger partial charge in [-0.05, 0) is 37.3 Å². The first kappa shape index (κ1) is 11.9. The van der Waals surface area contributed by atoms with E-state index in [-0.39, 0.29) is 0 Å². The number of aromatic nitrogens is 1. The van der Waals surface area contributed by atoms with Crippen LogP contribution in [0, 0.1) is 0 Å². The highest BCUT2D eigenvalue weighted by molar-refractivity contribution is 7.19. The Morgan fingerprint density at radius 3 is 2.70 bits per heavy atom. The highest BCUT2D eigenvalue weighted by atomic mass is 32.1. The average Bonchev–Trinajstić information content (AvgIpc) is 2.87. The number of pyridine rings is 1. The van der Waals surface area contributed by atoms with Gasteiger partial charge in [-0.15, -0.1) is 11.3 Å². The summed E-state index contributed by atoms with van der Waals surface area (Å²) < 4.78 is 0. The third kappa shape index (κ3) is 1.81. The zero-order chi connectivity index (χ0) is 13.5. The molecule has 2 nitrogen and oxygen atoms in total. The molecule has 0 saturated heterocycles. The van der Waals surface area contributed by atoms with Gasteiger partial charge in [-0.25, -0.2) is 4.98 Å². The number of nitrogens with two attached hydrogens (primary N) is 1. The fraction of sp³-hybridized carbons (Fsp3) is 0.235. The predicted octanol–water partition coefficient (Wildman–Crippen LogP) is 4.42. The lowest BCUT2D eigenvalue weighted by Crippen LogP contribution is -1.99. The maximum atomic E-state index is 6.33. The summed E-state index contributed by atoms with van der Waals surface area (Å²) in [5.74, 6) is 0. The number of thiophene rings is 1. The van der Waals surface area contributed by atoms with Crippen LogP contribution >= 0.6 is 11.3 Å². The van der Waals surface area contributed by atoms with Crippen LogP contribution in [0.1, 0.15) is 23.3 Å². The third-order valence-corrected chi connectivity index (χ3v) is 5.21. The van der Waals surface area contributed by atoms with Crippen LogP contribution in [0.25, 0.3) is 21.5 Å². The van der Waals surface area contributed by atoms with Crippen molar-refractivity contribution in [3.05, 3.63) is 46.8 Å². The zero-order valence-corrected chi connectivity index (χ0v) is 12.0.